The molecule has 2 fully saturated rings. The smallest absolute Gasteiger partial charge is 0.165 e. The van der Waals surface area contributed by atoms with Crippen LogP contribution >= 0.6 is 0 Å². The number of hydrogen-bond acceptors (Lipinski definition) is 9. The van der Waals surface area contributed by atoms with Gasteiger partial charge in [0.1, 0.15) is 24.4 Å². The van der Waals surface area contributed by atoms with Gasteiger partial charge in [0.2, 0.25) is 0 Å². The lowest BCUT2D eigenvalue weighted by molar-refractivity contribution is -0.0454. The summed E-state index contributed by atoms with van der Waals surface area (Å²) in [7, 11) is 8.50. The highest BCUT2D eigenvalue weighted by Crippen LogP contribution is 2.66. The van der Waals surface area contributed by atoms with E-state index in [4.69, 9.17) is 9.47 Å². The van der Waals surface area contributed by atoms with Gasteiger partial charge in [0, 0.05) is 71.6 Å². The zero-order valence-electron chi connectivity index (χ0n) is 30.2. The second-order valence-electron chi connectivity index (χ2n) is 17.2. The predicted molar refractivity (Wildman–Crippen MR) is 197 cm³/mol. The molecule has 0 aromatic heterocycles. The van der Waals surface area contributed by atoms with Crippen molar-refractivity contribution in [2.45, 2.75) is 78.9 Å². The largest absolute Gasteiger partial charge is 0.504 e. The van der Waals surface area contributed by atoms with Crippen LogP contribution in [0.4, 0.5) is 5.69 Å². The number of aromatic hydroxyl groups is 2. The minimum absolute atomic E-state index is 0.106. The summed E-state index contributed by atoms with van der Waals surface area (Å²) in [6.45, 7) is 1.78. The van der Waals surface area contributed by atoms with Crippen LogP contribution in [0.25, 0.3) is 0 Å². The summed E-state index contributed by atoms with van der Waals surface area (Å²) >= 11 is 0. The van der Waals surface area contributed by atoms with Gasteiger partial charge in [-0.05, 0) is 105 Å². The monoisotopic (exact) mass is 701 g/mol. The normalized spacial score (nSPS) is 37.1. The number of hydrogen-bond donors (Lipinski definition) is 4. The second kappa shape index (κ2) is 10.3. The molecule has 52 heavy (non-hydrogen) atoms. The fourth-order valence-electron chi connectivity index (χ4n) is 12.7. The Morgan fingerprint density at radius 1 is 0.712 bits per heavy atom. The van der Waals surface area contributed by atoms with Crippen molar-refractivity contribution >= 4 is 5.69 Å². The molecule has 4 heterocycles. The Bertz CT molecular complexity index is 1990. The van der Waals surface area contributed by atoms with Crippen molar-refractivity contribution in [3.8, 4) is 23.0 Å². The fraction of sp³-hybridized carbons (Fsp3) is 0.488. The lowest BCUT2D eigenvalue weighted by atomic mass is 9.52. The van der Waals surface area contributed by atoms with Gasteiger partial charge in [-0.2, -0.15) is 0 Å². The SMILES string of the molecule is CN(C)c1ccc(C(c2cc(O)c3c4c2C[C@@H]2[C@@H]5C=C[C@H](O)[C@H](O3)[C@]45CCN2C)c2cc(O)c3c4c2C[C@@H]2[C@@H]5C=C[C@H](O)[C@H](O3)[C@]45CCN2C)cc1. The summed E-state index contributed by atoms with van der Waals surface area (Å²) in [5.41, 5.74) is 7.85. The molecule has 0 unspecified atom stereocenters. The van der Waals surface area contributed by atoms with E-state index < -0.39 is 35.2 Å². The molecule has 9 heteroatoms. The molecule has 4 aliphatic heterocycles. The van der Waals surface area contributed by atoms with Crippen LogP contribution in [0, 0.1) is 11.8 Å². The first-order valence-corrected chi connectivity index (χ1v) is 19.1. The summed E-state index contributed by atoms with van der Waals surface area (Å²) < 4.78 is 13.3. The molecule has 10 atom stereocenters. The molecule has 4 aliphatic carbocycles. The molecule has 8 aliphatic rings. The van der Waals surface area contributed by atoms with Crippen molar-refractivity contribution in [3.05, 3.63) is 99.6 Å². The number of phenols is 2. The molecular weight excluding hydrogens is 654 g/mol. The summed E-state index contributed by atoms with van der Waals surface area (Å²) in [6.07, 6.45) is 9.02. The molecule has 0 amide bonds. The summed E-state index contributed by atoms with van der Waals surface area (Å²) in [4.78, 5) is 7.03. The number of phenolic OH excluding ortho intramolecular Hbond substituents is 2. The number of ether oxygens (including phenoxy) is 2. The zero-order valence-corrected chi connectivity index (χ0v) is 30.2. The summed E-state index contributed by atoms with van der Waals surface area (Å²) in [6, 6.07) is 13.0. The first-order valence-electron chi connectivity index (χ1n) is 19.1. The number of nitrogens with zero attached hydrogens (tertiary/aromatic N) is 3. The zero-order chi connectivity index (χ0) is 35.6. The van der Waals surface area contributed by atoms with Crippen molar-refractivity contribution in [2.24, 2.45) is 11.8 Å². The van der Waals surface area contributed by atoms with E-state index in [1.165, 1.54) is 11.1 Å². The molecule has 270 valence electrons. The van der Waals surface area contributed by atoms with Crippen LogP contribution in [-0.2, 0) is 23.7 Å². The van der Waals surface area contributed by atoms with Gasteiger partial charge in [0.25, 0.3) is 0 Å². The highest BCUT2D eigenvalue weighted by Gasteiger charge is 2.66. The molecule has 11 rings (SSSR count). The van der Waals surface area contributed by atoms with Crippen LogP contribution < -0.4 is 14.4 Å². The highest BCUT2D eigenvalue weighted by atomic mass is 16.5. The predicted octanol–water partition coefficient (Wildman–Crippen LogP) is 3.96. The van der Waals surface area contributed by atoms with Gasteiger partial charge in [-0.3, -0.25) is 0 Å². The maximum Gasteiger partial charge on any atom is 0.165 e. The lowest BCUT2D eigenvalue weighted by Gasteiger charge is -2.57. The molecule has 0 saturated carbocycles. The first-order chi connectivity index (χ1) is 25.0. The van der Waals surface area contributed by atoms with Crippen LogP contribution in [0.5, 0.6) is 23.0 Å². The van der Waals surface area contributed by atoms with Gasteiger partial charge in [-0.1, -0.05) is 36.4 Å². The number of aliphatic hydroxyl groups excluding tert-OH is 2. The van der Waals surface area contributed by atoms with E-state index in [-0.39, 0.29) is 41.3 Å². The van der Waals surface area contributed by atoms with Gasteiger partial charge in [0.05, 0.1) is 0 Å². The number of anilines is 1. The molecule has 3 aromatic rings. The third-order valence-corrected chi connectivity index (χ3v) is 15.0. The van der Waals surface area contributed by atoms with Crippen molar-refractivity contribution in [1.82, 2.24) is 9.80 Å². The van der Waals surface area contributed by atoms with E-state index in [0.29, 0.717) is 11.5 Å². The number of likely N-dealkylation sites (N-methyl/N-ethyl adjacent to an activating group) is 2. The van der Waals surface area contributed by atoms with Crippen molar-refractivity contribution < 1.29 is 29.9 Å². The maximum atomic E-state index is 12.0. The molecule has 2 spiro atoms. The Morgan fingerprint density at radius 3 is 1.62 bits per heavy atom. The minimum atomic E-state index is -0.759. The van der Waals surface area contributed by atoms with Crippen molar-refractivity contribution in [2.75, 3.05) is 46.2 Å². The van der Waals surface area contributed by atoms with Crippen molar-refractivity contribution in [3.63, 3.8) is 0 Å². The number of likely N-dealkylation sites (tertiary alicyclic amines) is 2. The van der Waals surface area contributed by atoms with Gasteiger partial charge in [0.15, 0.2) is 23.0 Å². The third kappa shape index (κ3) is 3.63. The molecule has 4 N–H and O–H groups in total. The quantitative estimate of drug-likeness (QED) is 0.238. The summed E-state index contributed by atoms with van der Waals surface area (Å²) in [5, 5.41) is 46.8. The van der Waals surface area contributed by atoms with E-state index in [1.54, 1.807) is 0 Å². The topological polar surface area (TPSA) is 109 Å². The molecule has 2 saturated heterocycles. The lowest BCUT2D eigenvalue weighted by Crippen LogP contribution is -2.65. The van der Waals surface area contributed by atoms with Crippen LogP contribution in [0.2, 0.25) is 0 Å². The first kappa shape index (κ1) is 31.5. The molecule has 0 radical (unpaired) electrons. The van der Waals surface area contributed by atoms with E-state index >= 15 is 0 Å². The van der Waals surface area contributed by atoms with Crippen LogP contribution in [0.1, 0.15) is 57.7 Å². The average Bonchev–Trinajstić information content (AvgIpc) is 3.67. The fourth-order valence-corrected chi connectivity index (χ4v) is 12.7. The van der Waals surface area contributed by atoms with Crippen LogP contribution in [0.3, 0.4) is 0 Å². The van der Waals surface area contributed by atoms with Crippen LogP contribution in [-0.4, -0.2) is 108 Å². The number of aliphatic hydroxyl groups is 2. The Kier molecular flexibility index (Phi) is 6.27. The second-order valence-corrected chi connectivity index (χ2v) is 17.2. The third-order valence-electron chi connectivity index (χ3n) is 15.0. The van der Waals surface area contributed by atoms with Gasteiger partial charge >= 0.3 is 0 Å². The summed E-state index contributed by atoms with van der Waals surface area (Å²) in [5.74, 6) is 1.27. The molecule has 9 nitrogen and oxygen atoms in total. The van der Waals surface area contributed by atoms with Gasteiger partial charge < -0.3 is 44.6 Å². The maximum absolute atomic E-state index is 12.0. The van der Waals surface area contributed by atoms with E-state index in [1.807, 2.05) is 38.4 Å². The van der Waals surface area contributed by atoms with Crippen LogP contribution in [0.15, 0.2) is 60.7 Å². The number of rotatable bonds is 4. The van der Waals surface area contributed by atoms with Gasteiger partial charge in [-0.15, -0.1) is 0 Å². The molecule has 3 aromatic carbocycles. The number of piperidine rings is 2. The van der Waals surface area contributed by atoms with Gasteiger partial charge in [-0.25, -0.2) is 0 Å². The van der Waals surface area contributed by atoms with Crippen molar-refractivity contribution in [1.29, 1.82) is 0 Å². The highest BCUT2D eigenvalue weighted by molar-refractivity contribution is 5.70. The van der Waals surface area contributed by atoms with E-state index in [9.17, 15) is 20.4 Å². The standard InChI is InChI=1S/C43H47N3O6/c1-44(2)22-7-5-21(6-8-22)35(23-19-33(49)38-36-25(23)17-29-27-9-11-31(47)40(51-38)42(27,36)13-15-45(29)3)24-20-34(50)39-37-26(24)18-30-28-10-12-32(48)41(52-39)43(28,37)14-16-46(30)4/h5-12,19-20,27-32,35,40-41,47-50H,13-18H2,1-4H3/t27-,28-,29+,30+,31-,32-,40-,41-,42-,43-/m0/s1. The molecular formula is C43H47N3O6. The van der Waals surface area contributed by atoms with E-state index in [2.05, 4.69) is 65.2 Å². The Balaban J connectivity index is 1.20. The average molecular weight is 702 g/mol. The minimum Gasteiger partial charge on any atom is -0.504 e. The Morgan fingerprint density at radius 2 is 1.17 bits per heavy atom. The Hall–Kier alpha value is -4.02. The van der Waals surface area contributed by atoms with E-state index in [0.717, 1.165) is 72.3 Å². The number of benzene rings is 3. The molecule has 4 bridgehead atoms. The Labute approximate surface area is 304 Å².